The first-order valence-corrected chi connectivity index (χ1v) is 11.1. The molecule has 6 nitrogen and oxygen atoms in total. The van der Waals surface area contributed by atoms with Gasteiger partial charge in [-0.3, -0.25) is 9.69 Å². The summed E-state index contributed by atoms with van der Waals surface area (Å²) in [5.74, 6) is -0.379. The molecule has 32 heavy (non-hydrogen) atoms. The van der Waals surface area contributed by atoms with Crippen molar-refractivity contribution in [1.29, 1.82) is 5.26 Å². The van der Waals surface area contributed by atoms with Crippen molar-refractivity contribution in [3.8, 4) is 11.8 Å². The van der Waals surface area contributed by atoms with Crippen LogP contribution in [0.3, 0.4) is 0 Å². The molecule has 1 aliphatic heterocycles. The molecule has 1 saturated heterocycles. The maximum absolute atomic E-state index is 13.3. The van der Waals surface area contributed by atoms with Gasteiger partial charge in [-0.15, -0.1) is 0 Å². The molecule has 1 amide bonds. The molecule has 2 aromatic rings. The second-order valence-corrected chi connectivity index (χ2v) is 7.84. The van der Waals surface area contributed by atoms with E-state index in [9.17, 15) is 14.4 Å². The Balaban J connectivity index is 1.62. The van der Waals surface area contributed by atoms with Crippen LogP contribution in [0.5, 0.6) is 5.75 Å². The van der Waals surface area contributed by atoms with Crippen LogP contribution in [0.25, 0.3) is 6.08 Å². The van der Waals surface area contributed by atoms with Crippen molar-refractivity contribution in [3.05, 3.63) is 65.2 Å². The quantitative estimate of drug-likeness (QED) is 0.342. The molecule has 3 rings (SSSR count). The van der Waals surface area contributed by atoms with Gasteiger partial charge in [-0.25, -0.2) is 4.98 Å². The standard InChI is InChI=1S/C25H29FN4O2/c1-2-6-23(29-25(31)20(18-27)17-21-7-5-8-24(26)28-21)19-9-11-22(12-10-19)32-16-15-30-13-3-4-14-30/h5,7-12,17,23H,2-4,6,13-16H2,1H3,(H,29,31)/b20-17+. The number of amides is 1. The number of nitrogens with zero attached hydrogens (tertiary/aromatic N) is 3. The highest BCUT2D eigenvalue weighted by Gasteiger charge is 2.17. The third-order valence-electron chi connectivity index (χ3n) is 5.43. The highest BCUT2D eigenvalue weighted by Crippen LogP contribution is 2.22. The van der Waals surface area contributed by atoms with Crippen LogP contribution >= 0.6 is 0 Å². The Labute approximate surface area is 188 Å². The van der Waals surface area contributed by atoms with Crippen LogP contribution in [-0.4, -0.2) is 42.0 Å². The molecule has 1 aliphatic rings. The number of likely N-dealkylation sites (tertiary alicyclic amines) is 1. The van der Waals surface area contributed by atoms with Gasteiger partial charge in [-0.05, 0) is 68.3 Å². The molecule has 0 saturated carbocycles. The van der Waals surface area contributed by atoms with Gasteiger partial charge >= 0.3 is 0 Å². The summed E-state index contributed by atoms with van der Waals surface area (Å²) in [5, 5.41) is 12.3. The fourth-order valence-corrected chi connectivity index (χ4v) is 3.74. The van der Waals surface area contributed by atoms with E-state index in [1.165, 1.54) is 31.1 Å². The molecule has 1 unspecified atom stereocenters. The highest BCUT2D eigenvalue weighted by atomic mass is 19.1. The van der Waals surface area contributed by atoms with E-state index in [1.807, 2.05) is 37.3 Å². The predicted octanol–water partition coefficient (Wildman–Crippen LogP) is 4.26. The molecular formula is C25H29FN4O2. The summed E-state index contributed by atoms with van der Waals surface area (Å²) in [6, 6.07) is 13.6. The van der Waals surface area contributed by atoms with Crippen molar-refractivity contribution in [1.82, 2.24) is 15.2 Å². The Morgan fingerprint density at radius 3 is 2.69 bits per heavy atom. The number of halogens is 1. The number of carbonyl (C=O) groups excluding carboxylic acids is 1. The number of hydrogen-bond donors (Lipinski definition) is 1. The van der Waals surface area contributed by atoms with Crippen LogP contribution in [0.4, 0.5) is 4.39 Å². The first kappa shape index (κ1) is 23.4. The Morgan fingerprint density at radius 2 is 2.03 bits per heavy atom. The topological polar surface area (TPSA) is 78.2 Å². The number of aromatic nitrogens is 1. The van der Waals surface area contributed by atoms with E-state index in [0.717, 1.165) is 43.8 Å². The van der Waals surface area contributed by atoms with Gasteiger partial charge in [0.15, 0.2) is 0 Å². The Bertz CT molecular complexity index is 963. The summed E-state index contributed by atoms with van der Waals surface area (Å²) < 4.78 is 19.2. The van der Waals surface area contributed by atoms with Crippen LogP contribution in [-0.2, 0) is 4.79 Å². The highest BCUT2D eigenvalue weighted by molar-refractivity contribution is 6.01. The van der Waals surface area contributed by atoms with Crippen molar-refractivity contribution < 1.29 is 13.9 Å². The van der Waals surface area contributed by atoms with E-state index in [2.05, 4.69) is 15.2 Å². The van der Waals surface area contributed by atoms with Crippen molar-refractivity contribution in [2.24, 2.45) is 0 Å². The number of hydrogen-bond acceptors (Lipinski definition) is 5. The number of pyridine rings is 1. The molecule has 7 heteroatoms. The second kappa shape index (κ2) is 12.0. The minimum Gasteiger partial charge on any atom is -0.492 e. The Morgan fingerprint density at radius 1 is 1.28 bits per heavy atom. The lowest BCUT2D eigenvalue weighted by Crippen LogP contribution is -2.29. The molecule has 1 atom stereocenters. The van der Waals surface area contributed by atoms with Gasteiger partial charge in [0.05, 0.1) is 11.7 Å². The molecule has 0 spiro atoms. The molecule has 1 aromatic carbocycles. The third kappa shape index (κ3) is 6.89. The molecule has 0 radical (unpaired) electrons. The average molecular weight is 437 g/mol. The number of rotatable bonds is 10. The van der Waals surface area contributed by atoms with Crippen LogP contribution in [0, 0.1) is 17.3 Å². The van der Waals surface area contributed by atoms with Crippen LogP contribution in [0.2, 0.25) is 0 Å². The van der Waals surface area contributed by atoms with Crippen LogP contribution in [0.1, 0.15) is 49.9 Å². The van der Waals surface area contributed by atoms with E-state index in [1.54, 1.807) is 6.07 Å². The van der Waals surface area contributed by atoms with Crippen molar-refractivity contribution >= 4 is 12.0 Å². The maximum Gasteiger partial charge on any atom is 0.262 e. The molecule has 2 heterocycles. The van der Waals surface area contributed by atoms with Gasteiger partial charge < -0.3 is 10.1 Å². The maximum atomic E-state index is 13.3. The SMILES string of the molecule is CCCC(NC(=O)/C(C#N)=C/c1cccc(F)n1)c1ccc(OCCN2CCCC2)cc1. The normalized spacial score (nSPS) is 15.2. The van der Waals surface area contributed by atoms with Gasteiger partial charge in [0.2, 0.25) is 5.95 Å². The van der Waals surface area contributed by atoms with Crippen molar-refractivity contribution in [3.63, 3.8) is 0 Å². The lowest BCUT2D eigenvalue weighted by molar-refractivity contribution is -0.117. The molecule has 168 valence electrons. The first-order chi connectivity index (χ1) is 15.6. The zero-order chi connectivity index (χ0) is 22.8. The molecule has 1 N–H and O–H groups in total. The second-order valence-electron chi connectivity index (χ2n) is 7.84. The zero-order valence-corrected chi connectivity index (χ0v) is 18.4. The van der Waals surface area contributed by atoms with Crippen LogP contribution in [0.15, 0.2) is 48.0 Å². The number of nitriles is 1. The number of carbonyl (C=O) groups is 1. The lowest BCUT2D eigenvalue weighted by atomic mass is 10.0. The van der Waals surface area contributed by atoms with Crippen molar-refractivity contribution in [2.45, 2.75) is 38.6 Å². The first-order valence-electron chi connectivity index (χ1n) is 11.1. The average Bonchev–Trinajstić information content (AvgIpc) is 3.31. The third-order valence-corrected chi connectivity index (χ3v) is 5.43. The zero-order valence-electron chi connectivity index (χ0n) is 18.4. The van der Waals surface area contributed by atoms with E-state index in [-0.39, 0.29) is 17.3 Å². The van der Waals surface area contributed by atoms with Crippen molar-refractivity contribution in [2.75, 3.05) is 26.2 Å². The number of nitrogens with one attached hydrogen (secondary N) is 1. The van der Waals surface area contributed by atoms with E-state index in [4.69, 9.17) is 4.74 Å². The van der Waals surface area contributed by atoms with Gasteiger partial charge in [0, 0.05) is 6.54 Å². The number of benzene rings is 1. The Kier molecular flexibility index (Phi) is 8.76. The molecule has 0 bridgehead atoms. The van der Waals surface area contributed by atoms with Gasteiger partial charge in [-0.1, -0.05) is 31.5 Å². The minimum atomic E-state index is -0.664. The molecule has 1 fully saturated rings. The monoisotopic (exact) mass is 436 g/mol. The summed E-state index contributed by atoms with van der Waals surface area (Å²) in [4.78, 5) is 18.8. The van der Waals surface area contributed by atoms with Crippen LogP contribution < -0.4 is 10.1 Å². The van der Waals surface area contributed by atoms with E-state index < -0.39 is 11.9 Å². The summed E-state index contributed by atoms with van der Waals surface area (Å²) in [5.41, 5.74) is 1.04. The van der Waals surface area contributed by atoms with Gasteiger partial charge in [0.25, 0.3) is 5.91 Å². The van der Waals surface area contributed by atoms with Gasteiger partial charge in [0.1, 0.15) is 24.0 Å². The van der Waals surface area contributed by atoms with Gasteiger partial charge in [-0.2, -0.15) is 9.65 Å². The van der Waals surface area contributed by atoms with E-state index in [0.29, 0.717) is 6.61 Å². The Hall–Kier alpha value is -3.24. The largest absolute Gasteiger partial charge is 0.492 e. The molecule has 1 aromatic heterocycles. The molecular weight excluding hydrogens is 407 g/mol. The fourth-order valence-electron chi connectivity index (χ4n) is 3.74. The number of ether oxygens (including phenoxy) is 1. The summed E-state index contributed by atoms with van der Waals surface area (Å²) in [7, 11) is 0. The summed E-state index contributed by atoms with van der Waals surface area (Å²) in [6.07, 6.45) is 5.40. The summed E-state index contributed by atoms with van der Waals surface area (Å²) in [6.45, 7) is 5.91. The molecule has 0 aliphatic carbocycles. The van der Waals surface area contributed by atoms with E-state index >= 15 is 0 Å². The fraction of sp³-hybridized carbons (Fsp3) is 0.400. The predicted molar refractivity (Wildman–Crippen MR) is 121 cm³/mol. The summed E-state index contributed by atoms with van der Waals surface area (Å²) >= 11 is 0. The minimum absolute atomic E-state index is 0.119. The lowest BCUT2D eigenvalue weighted by Gasteiger charge is -2.19. The smallest absolute Gasteiger partial charge is 0.262 e.